The van der Waals surface area contributed by atoms with E-state index in [0.29, 0.717) is 0 Å². The number of fused-ring (bicyclic) bond motifs is 1. The van der Waals surface area contributed by atoms with Crippen molar-refractivity contribution in [3.05, 3.63) is 86.8 Å². The number of H-pyrrole nitrogens is 1. The van der Waals surface area contributed by atoms with Crippen LogP contribution in [0.3, 0.4) is 0 Å². The molecule has 0 fully saturated rings. The number of aromatic amines is 1. The van der Waals surface area contributed by atoms with Crippen LogP contribution in [0.2, 0.25) is 0 Å². The SMILES string of the molecule is O=C(N[C@]1(C(F)(F)F)C(=O)Nc2c1c(=O)[nH]c(=O)n2-c1ccccc1)c1ccncc1. The third kappa shape index (κ3) is 2.99. The number of hydrogen-bond donors (Lipinski definition) is 3. The van der Waals surface area contributed by atoms with E-state index < -0.39 is 46.2 Å². The van der Waals surface area contributed by atoms with Gasteiger partial charge in [-0.15, -0.1) is 0 Å². The lowest BCUT2D eigenvalue weighted by atomic mass is 9.91. The van der Waals surface area contributed by atoms with Gasteiger partial charge in [-0.05, 0) is 24.3 Å². The van der Waals surface area contributed by atoms with E-state index in [2.05, 4.69) is 4.98 Å². The molecule has 3 heterocycles. The number of hydrogen-bond acceptors (Lipinski definition) is 5. The van der Waals surface area contributed by atoms with Crippen LogP contribution in [0.15, 0.2) is 64.4 Å². The highest BCUT2D eigenvalue weighted by Gasteiger charge is 2.68. The van der Waals surface area contributed by atoms with Gasteiger partial charge in [0.25, 0.3) is 22.9 Å². The zero-order valence-electron chi connectivity index (χ0n) is 15.4. The van der Waals surface area contributed by atoms with Crippen LogP contribution in [0.4, 0.5) is 19.0 Å². The Labute approximate surface area is 170 Å². The second-order valence-electron chi connectivity index (χ2n) is 6.55. The van der Waals surface area contributed by atoms with Crippen LogP contribution in [0.1, 0.15) is 15.9 Å². The fourth-order valence-corrected chi connectivity index (χ4v) is 3.35. The molecule has 2 amide bonds. The van der Waals surface area contributed by atoms with Gasteiger partial charge in [0.05, 0.1) is 5.69 Å². The van der Waals surface area contributed by atoms with E-state index in [-0.39, 0.29) is 11.3 Å². The molecule has 12 heteroatoms. The second-order valence-corrected chi connectivity index (χ2v) is 6.55. The predicted molar refractivity (Wildman–Crippen MR) is 101 cm³/mol. The van der Waals surface area contributed by atoms with Crippen molar-refractivity contribution in [3.63, 3.8) is 0 Å². The van der Waals surface area contributed by atoms with Gasteiger partial charge in [0, 0.05) is 18.0 Å². The van der Waals surface area contributed by atoms with E-state index in [4.69, 9.17) is 0 Å². The van der Waals surface area contributed by atoms with Gasteiger partial charge in [0.2, 0.25) is 0 Å². The summed E-state index contributed by atoms with van der Waals surface area (Å²) in [7, 11) is 0. The lowest BCUT2D eigenvalue weighted by Gasteiger charge is -2.30. The fraction of sp³-hybridized carbons (Fsp3) is 0.105. The highest BCUT2D eigenvalue weighted by atomic mass is 19.4. The summed E-state index contributed by atoms with van der Waals surface area (Å²) in [6.07, 6.45) is -3.06. The number of carbonyl (C=O) groups excluding carboxylic acids is 2. The number of carbonyl (C=O) groups is 2. The molecule has 0 bridgehead atoms. The monoisotopic (exact) mass is 431 g/mol. The quantitative estimate of drug-likeness (QED) is 0.572. The number of rotatable bonds is 3. The summed E-state index contributed by atoms with van der Waals surface area (Å²) in [6, 6.07) is 9.71. The van der Waals surface area contributed by atoms with Crippen LogP contribution in [0.25, 0.3) is 5.69 Å². The van der Waals surface area contributed by atoms with Gasteiger partial charge >= 0.3 is 11.9 Å². The predicted octanol–water partition coefficient (Wildman–Crippen LogP) is 1.06. The number of halogens is 3. The Morgan fingerprint density at radius 1 is 1.03 bits per heavy atom. The van der Waals surface area contributed by atoms with E-state index in [0.717, 1.165) is 16.7 Å². The van der Waals surface area contributed by atoms with Crippen LogP contribution in [0.5, 0.6) is 0 Å². The summed E-state index contributed by atoms with van der Waals surface area (Å²) in [5.74, 6) is -3.67. The largest absolute Gasteiger partial charge is 0.425 e. The molecule has 4 rings (SSSR count). The lowest BCUT2D eigenvalue weighted by Crippen LogP contribution is -2.62. The number of aromatic nitrogens is 3. The van der Waals surface area contributed by atoms with Crippen molar-refractivity contribution in [1.82, 2.24) is 19.9 Å². The summed E-state index contributed by atoms with van der Waals surface area (Å²) in [5, 5.41) is 3.61. The Kier molecular flexibility index (Phi) is 4.49. The summed E-state index contributed by atoms with van der Waals surface area (Å²) in [5.41, 5.74) is -7.51. The molecular weight excluding hydrogens is 419 g/mol. The van der Waals surface area contributed by atoms with Crippen molar-refractivity contribution in [2.24, 2.45) is 0 Å². The number of benzene rings is 1. The molecular formula is C19H12F3N5O4. The van der Waals surface area contributed by atoms with E-state index in [1.54, 1.807) is 16.4 Å². The average Bonchev–Trinajstić information content (AvgIpc) is 3.02. The van der Waals surface area contributed by atoms with E-state index >= 15 is 0 Å². The Bertz CT molecular complexity index is 1300. The van der Waals surface area contributed by atoms with Crippen molar-refractivity contribution in [2.45, 2.75) is 11.7 Å². The van der Waals surface area contributed by atoms with Gasteiger partial charge < -0.3 is 10.6 Å². The van der Waals surface area contributed by atoms with Crippen LogP contribution in [-0.2, 0) is 10.3 Å². The maximum atomic E-state index is 14.3. The molecule has 9 nitrogen and oxygen atoms in total. The maximum Gasteiger partial charge on any atom is 0.425 e. The molecule has 158 valence electrons. The van der Waals surface area contributed by atoms with Crippen LogP contribution >= 0.6 is 0 Å². The first kappa shape index (κ1) is 20.1. The standard InChI is InChI=1S/C19H12F3N5O4/c20-19(21,22)18(26-14(28)10-6-8-23-9-7-10)12-13(24-16(18)30)27(17(31)25-15(12)29)11-4-2-1-3-5-11/h1-9H,(H,24,30)(H,26,28)(H,25,29,31)/t18-/m0/s1. The Balaban J connectivity index is 1.99. The lowest BCUT2D eigenvalue weighted by molar-refractivity contribution is -0.196. The topological polar surface area (TPSA) is 126 Å². The van der Waals surface area contributed by atoms with Gasteiger partial charge in [-0.3, -0.25) is 24.4 Å². The van der Waals surface area contributed by atoms with E-state index in [1.807, 2.05) is 5.32 Å². The number of alkyl halides is 3. The molecule has 3 aromatic rings. The van der Waals surface area contributed by atoms with E-state index in [1.165, 1.54) is 36.7 Å². The Hall–Kier alpha value is -4.22. The maximum absolute atomic E-state index is 14.3. The molecule has 0 saturated carbocycles. The summed E-state index contributed by atoms with van der Waals surface area (Å²) in [4.78, 5) is 55.6. The first-order valence-corrected chi connectivity index (χ1v) is 8.73. The molecule has 0 spiro atoms. The Morgan fingerprint density at radius 2 is 1.68 bits per heavy atom. The molecule has 0 radical (unpaired) electrons. The normalized spacial score (nSPS) is 17.7. The number of pyridine rings is 1. The first-order valence-electron chi connectivity index (χ1n) is 8.73. The fourth-order valence-electron chi connectivity index (χ4n) is 3.35. The zero-order valence-corrected chi connectivity index (χ0v) is 15.4. The summed E-state index contributed by atoms with van der Waals surface area (Å²) >= 11 is 0. The molecule has 31 heavy (non-hydrogen) atoms. The Morgan fingerprint density at radius 3 is 2.29 bits per heavy atom. The third-order valence-corrected chi connectivity index (χ3v) is 4.74. The van der Waals surface area contributed by atoms with Crippen molar-refractivity contribution in [1.29, 1.82) is 0 Å². The van der Waals surface area contributed by atoms with Gasteiger partial charge in [0.15, 0.2) is 0 Å². The third-order valence-electron chi connectivity index (χ3n) is 4.74. The molecule has 0 aliphatic carbocycles. The van der Waals surface area contributed by atoms with Crippen LogP contribution in [-0.4, -0.2) is 32.5 Å². The number of amides is 2. The molecule has 3 N–H and O–H groups in total. The smallest absolute Gasteiger partial charge is 0.326 e. The molecule has 1 atom stereocenters. The molecule has 0 saturated heterocycles. The average molecular weight is 431 g/mol. The highest BCUT2D eigenvalue weighted by molar-refractivity contribution is 6.09. The van der Waals surface area contributed by atoms with Gasteiger partial charge in [-0.1, -0.05) is 18.2 Å². The molecule has 2 aromatic heterocycles. The molecule has 1 aromatic carbocycles. The van der Waals surface area contributed by atoms with Crippen LogP contribution in [0, 0.1) is 0 Å². The minimum Gasteiger partial charge on any atom is -0.326 e. The van der Waals surface area contributed by atoms with Crippen molar-refractivity contribution in [2.75, 3.05) is 5.32 Å². The minimum absolute atomic E-state index is 0.0961. The summed E-state index contributed by atoms with van der Waals surface area (Å²) in [6.45, 7) is 0. The molecule has 0 unspecified atom stereocenters. The second kappa shape index (κ2) is 6.93. The number of anilines is 1. The van der Waals surface area contributed by atoms with Crippen molar-refractivity contribution in [3.8, 4) is 5.69 Å². The minimum atomic E-state index is -5.42. The molecule has 1 aliphatic heterocycles. The van der Waals surface area contributed by atoms with Crippen LogP contribution < -0.4 is 21.9 Å². The van der Waals surface area contributed by atoms with E-state index in [9.17, 15) is 32.3 Å². The highest BCUT2D eigenvalue weighted by Crippen LogP contribution is 2.45. The zero-order chi connectivity index (χ0) is 22.4. The van der Waals surface area contributed by atoms with Gasteiger partial charge in [-0.25, -0.2) is 9.36 Å². The number of nitrogens with zero attached hydrogens (tertiary/aromatic N) is 2. The van der Waals surface area contributed by atoms with Gasteiger partial charge in [-0.2, -0.15) is 13.2 Å². The first-order chi connectivity index (χ1) is 14.7. The van der Waals surface area contributed by atoms with Crippen molar-refractivity contribution < 1.29 is 22.8 Å². The molecule has 1 aliphatic rings. The summed E-state index contributed by atoms with van der Waals surface area (Å²) < 4.78 is 43.6. The number of nitrogens with one attached hydrogen (secondary N) is 3. The number of para-hydroxylation sites is 1. The van der Waals surface area contributed by atoms with Crippen molar-refractivity contribution >= 4 is 17.6 Å². The van der Waals surface area contributed by atoms with Gasteiger partial charge in [0.1, 0.15) is 11.4 Å².